The van der Waals surface area contributed by atoms with Crippen LogP contribution in [-0.2, 0) is 5.54 Å². The van der Waals surface area contributed by atoms with E-state index in [2.05, 4.69) is 16.5 Å². The zero-order chi connectivity index (χ0) is 14.3. The molecule has 1 aliphatic rings. The van der Waals surface area contributed by atoms with Gasteiger partial charge < -0.3 is 9.67 Å². The number of carbonyl (C=O) groups is 1. The smallest absolute Gasteiger partial charge is 0.335 e. The second kappa shape index (κ2) is 4.62. The van der Waals surface area contributed by atoms with E-state index in [9.17, 15) is 9.90 Å². The van der Waals surface area contributed by atoms with E-state index in [1.807, 2.05) is 13.0 Å². The zero-order valence-corrected chi connectivity index (χ0v) is 12.0. The second-order valence-electron chi connectivity index (χ2n) is 6.06. The van der Waals surface area contributed by atoms with Crippen LogP contribution < -0.4 is 0 Å². The normalized spacial score (nSPS) is 18.3. The summed E-state index contributed by atoms with van der Waals surface area (Å²) in [6.07, 6.45) is 6.03. The van der Waals surface area contributed by atoms with Crippen LogP contribution in [0.1, 0.15) is 55.2 Å². The highest BCUT2D eigenvalue weighted by Gasteiger charge is 2.31. The van der Waals surface area contributed by atoms with Gasteiger partial charge in [0.15, 0.2) is 0 Å². The molecule has 2 aromatic rings. The minimum Gasteiger partial charge on any atom is -0.478 e. The molecule has 0 aliphatic heterocycles. The van der Waals surface area contributed by atoms with Crippen LogP contribution in [0, 0.1) is 6.92 Å². The van der Waals surface area contributed by atoms with E-state index in [0.717, 1.165) is 29.7 Å². The molecule has 1 aromatic carbocycles. The number of hydrogen-bond donors (Lipinski definition) is 1. The first-order chi connectivity index (χ1) is 9.51. The van der Waals surface area contributed by atoms with Gasteiger partial charge in [-0.1, -0.05) is 19.3 Å². The summed E-state index contributed by atoms with van der Waals surface area (Å²) in [7, 11) is 0. The summed E-state index contributed by atoms with van der Waals surface area (Å²) in [6.45, 7) is 4.29. The number of fused-ring (bicyclic) bond motifs is 1. The zero-order valence-electron chi connectivity index (χ0n) is 12.0. The van der Waals surface area contributed by atoms with Crippen LogP contribution in [0.15, 0.2) is 18.2 Å². The lowest BCUT2D eigenvalue weighted by Crippen LogP contribution is -2.33. The third-order valence-corrected chi connectivity index (χ3v) is 4.54. The minimum absolute atomic E-state index is 0.0637. The molecule has 0 bridgehead atoms. The number of nitrogens with zero attached hydrogens (tertiary/aromatic N) is 2. The van der Waals surface area contributed by atoms with Crippen LogP contribution in [0.3, 0.4) is 0 Å². The molecule has 1 saturated carbocycles. The first kappa shape index (κ1) is 13.2. The van der Waals surface area contributed by atoms with Crippen LogP contribution in [-0.4, -0.2) is 20.6 Å². The van der Waals surface area contributed by atoms with Crippen molar-refractivity contribution in [1.29, 1.82) is 0 Å². The molecule has 0 saturated heterocycles. The van der Waals surface area contributed by atoms with E-state index in [1.165, 1.54) is 19.3 Å². The number of carboxylic acids is 1. The lowest BCUT2D eigenvalue weighted by Gasteiger charge is -2.36. The Balaban J connectivity index is 2.20. The molecule has 0 amide bonds. The summed E-state index contributed by atoms with van der Waals surface area (Å²) in [5, 5.41) is 9.19. The number of aromatic carboxylic acids is 1. The van der Waals surface area contributed by atoms with E-state index in [1.54, 1.807) is 12.1 Å². The molecule has 1 N–H and O–H groups in total. The summed E-state index contributed by atoms with van der Waals surface area (Å²) >= 11 is 0. The lowest BCUT2D eigenvalue weighted by atomic mass is 9.83. The molecule has 4 nitrogen and oxygen atoms in total. The average Bonchev–Trinajstić information content (AvgIpc) is 2.74. The SMILES string of the molecule is Cc1nc2ccc(C(=O)O)cc2n1C1(C)CCCCC1. The highest BCUT2D eigenvalue weighted by atomic mass is 16.4. The molecule has 0 radical (unpaired) electrons. The molecule has 106 valence electrons. The Bertz CT molecular complexity index is 666. The van der Waals surface area contributed by atoms with Crippen molar-refractivity contribution in [3.8, 4) is 0 Å². The maximum absolute atomic E-state index is 11.2. The monoisotopic (exact) mass is 272 g/mol. The first-order valence-corrected chi connectivity index (χ1v) is 7.24. The third-order valence-electron chi connectivity index (χ3n) is 4.54. The van der Waals surface area contributed by atoms with Crippen molar-refractivity contribution in [2.45, 2.75) is 51.5 Å². The predicted octanol–water partition coefficient (Wildman–Crippen LogP) is 3.72. The van der Waals surface area contributed by atoms with Crippen molar-refractivity contribution in [1.82, 2.24) is 9.55 Å². The Kier molecular flexibility index (Phi) is 3.04. The topological polar surface area (TPSA) is 55.1 Å². The lowest BCUT2D eigenvalue weighted by molar-refractivity contribution is 0.0697. The Morgan fingerprint density at radius 3 is 2.65 bits per heavy atom. The highest BCUT2D eigenvalue weighted by molar-refractivity contribution is 5.92. The van der Waals surface area contributed by atoms with Gasteiger partial charge in [-0.25, -0.2) is 9.78 Å². The maximum Gasteiger partial charge on any atom is 0.335 e. The fraction of sp³-hybridized carbons (Fsp3) is 0.500. The fourth-order valence-electron chi connectivity index (χ4n) is 3.55. The van der Waals surface area contributed by atoms with Gasteiger partial charge in [0.1, 0.15) is 5.82 Å². The molecule has 1 aromatic heterocycles. The Labute approximate surface area is 118 Å². The van der Waals surface area contributed by atoms with Gasteiger partial charge in [-0.15, -0.1) is 0 Å². The molecule has 20 heavy (non-hydrogen) atoms. The predicted molar refractivity (Wildman–Crippen MR) is 78.2 cm³/mol. The van der Waals surface area contributed by atoms with Gasteiger partial charge in [-0.2, -0.15) is 0 Å². The number of hydrogen-bond acceptors (Lipinski definition) is 2. The Morgan fingerprint density at radius 1 is 1.30 bits per heavy atom. The molecule has 1 heterocycles. The van der Waals surface area contributed by atoms with Crippen molar-refractivity contribution in [3.63, 3.8) is 0 Å². The van der Waals surface area contributed by atoms with Gasteiger partial charge in [-0.3, -0.25) is 0 Å². The molecule has 1 aliphatic carbocycles. The molecule has 0 unspecified atom stereocenters. The molecular formula is C16H20N2O2. The molecule has 3 rings (SSSR count). The van der Waals surface area contributed by atoms with E-state index in [0.29, 0.717) is 5.56 Å². The summed E-state index contributed by atoms with van der Waals surface area (Å²) < 4.78 is 2.26. The molecule has 0 spiro atoms. The van der Waals surface area contributed by atoms with Crippen molar-refractivity contribution >= 4 is 17.0 Å². The number of imidazole rings is 1. The standard InChI is InChI=1S/C16H20N2O2/c1-11-17-13-7-6-12(15(19)20)10-14(13)18(11)16(2)8-4-3-5-9-16/h6-7,10H,3-5,8-9H2,1-2H3,(H,19,20). The van der Waals surface area contributed by atoms with Gasteiger partial charge in [0.25, 0.3) is 0 Å². The van der Waals surface area contributed by atoms with Crippen molar-refractivity contribution < 1.29 is 9.90 Å². The number of aromatic nitrogens is 2. The van der Waals surface area contributed by atoms with Crippen LogP contribution in [0.2, 0.25) is 0 Å². The largest absolute Gasteiger partial charge is 0.478 e. The van der Waals surface area contributed by atoms with Crippen LogP contribution in [0.4, 0.5) is 0 Å². The van der Waals surface area contributed by atoms with Crippen LogP contribution in [0.5, 0.6) is 0 Å². The van der Waals surface area contributed by atoms with Crippen molar-refractivity contribution in [3.05, 3.63) is 29.6 Å². The number of aryl methyl sites for hydroxylation is 1. The van der Waals surface area contributed by atoms with Gasteiger partial charge >= 0.3 is 5.97 Å². The summed E-state index contributed by atoms with van der Waals surface area (Å²) in [6, 6.07) is 5.21. The highest BCUT2D eigenvalue weighted by Crippen LogP contribution is 2.37. The third kappa shape index (κ3) is 1.99. The average molecular weight is 272 g/mol. The van der Waals surface area contributed by atoms with Crippen molar-refractivity contribution in [2.75, 3.05) is 0 Å². The molecular weight excluding hydrogens is 252 g/mol. The second-order valence-corrected chi connectivity index (χ2v) is 6.06. The van der Waals surface area contributed by atoms with E-state index in [-0.39, 0.29) is 5.54 Å². The van der Waals surface area contributed by atoms with Gasteiger partial charge in [0.2, 0.25) is 0 Å². The van der Waals surface area contributed by atoms with Crippen molar-refractivity contribution in [2.24, 2.45) is 0 Å². The fourth-order valence-corrected chi connectivity index (χ4v) is 3.55. The Morgan fingerprint density at radius 2 is 2.00 bits per heavy atom. The van der Waals surface area contributed by atoms with Gasteiger partial charge in [-0.05, 0) is 44.9 Å². The summed E-state index contributed by atoms with van der Waals surface area (Å²) in [5.74, 6) is 0.0954. The summed E-state index contributed by atoms with van der Waals surface area (Å²) in [5.41, 5.74) is 2.23. The maximum atomic E-state index is 11.2. The van der Waals surface area contributed by atoms with E-state index >= 15 is 0 Å². The van der Waals surface area contributed by atoms with Crippen LogP contribution >= 0.6 is 0 Å². The van der Waals surface area contributed by atoms with E-state index < -0.39 is 5.97 Å². The van der Waals surface area contributed by atoms with Gasteiger partial charge in [0.05, 0.1) is 16.6 Å². The number of rotatable bonds is 2. The molecule has 4 heteroatoms. The Hall–Kier alpha value is -1.84. The van der Waals surface area contributed by atoms with Crippen LogP contribution in [0.25, 0.3) is 11.0 Å². The molecule has 1 fully saturated rings. The number of carboxylic acid groups (broad SMARTS) is 1. The quantitative estimate of drug-likeness (QED) is 0.906. The molecule has 0 atom stereocenters. The number of benzene rings is 1. The van der Waals surface area contributed by atoms with E-state index in [4.69, 9.17) is 0 Å². The first-order valence-electron chi connectivity index (χ1n) is 7.24. The minimum atomic E-state index is -0.883. The van der Waals surface area contributed by atoms with Gasteiger partial charge in [0, 0.05) is 5.54 Å². The summed E-state index contributed by atoms with van der Waals surface area (Å²) in [4.78, 5) is 15.8.